The number of piperidine rings is 1. The van der Waals surface area contributed by atoms with Crippen LogP contribution in [0.2, 0.25) is 0 Å². The zero-order valence-corrected chi connectivity index (χ0v) is 14.7. The van der Waals surface area contributed by atoms with Crippen molar-refractivity contribution in [1.29, 1.82) is 0 Å². The van der Waals surface area contributed by atoms with Gasteiger partial charge in [-0.3, -0.25) is 4.79 Å². The van der Waals surface area contributed by atoms with E-state index in [9.17, 15) is 17.6 Å². The third kappa shape index (κ3) is 3.43. The van der Waals surface area contributed by atoms with Crippen molar-refractivity contribution in [3.63, 3.8) is 0 Å². The minimum atomic E-state index is -3.90. The quantitative estimate of drug-likeness (QED) is 0.738. The Morgan fingerprint density at radius 1 is 1.24 bits per heavy atom. The van der Waals surface area contributed by atoms with Gasteiger partial charge in [-0.25, -0.2) is 17.5 Å². The number of rotatable bonds is 5. The van der Waals surface area contributed by atoms with E-state index in [-0.39, 0.29) is 23.3 Å². The molecule has 136 valence electrons. The van der Waals surface area contributed by atoms with Crippen molar-refractivity contribution < 1.29 is 17.6 Å². The molecule has 0 aromatic heterocycles. The summed E-state index contributed by atoms with van der Waals surface area (Å²) in [6.45, 7) is 1.85. The Kier molecular flexibility index (Phi) is 4.09. The van der Waals surface area contributed by atoms with Gasteiger partial charge in [-0.05, 0) is 68.8 Å². The van der Waals surface area contributed by atoms with Gasteiger partial charge in [-0.1, -0.05) is 0 Å². The van der Waals surface area contributed by atoms with Crippen LogP contribution >= 0.6 is 0 Å². The molecule has 3 aliphatic rings. The Morgan fingerprint density at radius 2 is 1.96 bits per heavy atom. The molecule has 1 amide bonds. The number of anilines is 1. The van der Waals surface area contributed by atoms with E-state index < -0.39 is 20.7 Å². The summed E-state index contributed by atoms with van der Waals surface area (Å²) in [6.07, 6.45) is 4.39. The molecular formula is C17H22FN3O3S. The minimum Gasteiger partial charge on any atom is -0.326 e. The van der Waals surface area contributed by atoms with E-state index in [1.54, 1.807) is 0 Å². The van der Waals surface area contributed by atoms with Crippen molar-refractivity contribution in [3.8, 4) is 0 Å². The summed E-state index contributed by atoms with van der Waals surface area (Å²) in [5.41, 5.74) is 0.413. The highest BCUT2D eigenvalue weighted by atomic mass is 32.2. The van der Waals surface area contributed by atoms with Gasteiger partial charge in [0.05, 0.1) is 0 Å². The largest absolute Gasteiger partial charge is 0.326 e. The lowest BCUT2D eigenvalue weighted by atomic mass is 9.92. The number of amides is 1. The lowest BCUT2D eigenvalue weighted by Crippen LogP contribution is -2.31. The minimum absolute atomic E-state index is 0.0377. The van der Waals surface area contributed by atoms with Crippen LogP contribution in [0.5, 0.6) is 0 Å². The molecule has 1 saturated heterocycles. The normalized spacial score (nSPS) is 24.9. The zero-order chi connectivity index (χ0) is 17.7. The van der Waals surface area contributed by atoms with Crippen LogP contribution in [-0.2, 0) is 14.8 Å². The van der Waals surface area contributed by atoms with Gasteiger partial charge in [-0.2, -0.15) is 0 Å². The molecule has 2 aliphatic carbocycles. The number of benzene rings is 1. The fourth-order valence-electron chi connectivity index (χ4n) is 3.70. The summed E-state index contributed by atoms with van der Waals surface area (Å²) >= 11 is 0. The molecule has 1 unspecified atom stereocenters. The molecule has 1 aliphatic heterocycles. The first-order chi connectivity index (χ1) is 11.9. The highest BCUT2D eigenvalue weighted by molar-refractivity contribution is 7.89. The van der Waals surface area contributed by atoms with Crippen molar-refractivity contribution >= 4 is 21.6 Å². The third-order valence-corrected chi connectivity index (χ3v) is 7.03. The molecule has 1 spiro atoms. The average molecular weight is 367 g/mol. The smallest absolute Gasteiger partial charge is 0.243 e. The number of hydrogen-bond donors (Lipinski definition) is 3. The van der Waals surface area contributed by atoms with E-state index in [0.717, 1.165) is 51.3 Å². The second-order valence-corrected chi connectivity index (χ2v) is 9.08. The molecule has 1 atom stereocenters. The standard InChI is InChI=1S/C17H22FN3O3S/c18-14-4-3-12(9-15(14)25(23,24)21-11-1-2-11)20-16(22)13-10-17(13)5-7-19-8-6-17/h3-4,9,11,13,19,21H,1-2,5-8,10H2,(H,20,22). The van der Waals surface area contributed by atoms with Crippen LogP contribution in [-0.4, -0.2) is 33.5 Å². The predicted octanol–water partition coefficient (Wildman–Crippen LogP) is 1.59. The van der Waals surface area contributed by atoms with Gasteiger partial charge in [-0.15, -0.1) is 0 Å². The fraction of sp³-hybridized carbons (Fsp3) is 0.588. The molecule has 3 N–H and O–H groups in total. The van der Waals surface area contributed by atoms with E-state index in [2.05, 4.69) is 15.4 Å². The van der Waals surface area contributed by atoms with Crippen LogP contribution < -0.4 is 15.4 Å². The van der Waals surface area contributed by atoms with Crippen LogP contribution in [0.4, 0.5) is 10.1 Å². The molecule has 3 fully saturated rings. The maximum absolute atomic E-state index is 14.0. The summed E-state index contributed by atoms with van der Waals surface area (Å²) < 4.78 is 41.0. The van der Waals surface area contributed by atoms with Crippen LogP contribution in [0.3, 0.4) is 0 Å². The Bertz CT molecular complexity index is 801. The maximum atomic E-state index is 14.0. The molecule has 1 heterocycles. The molecule has 4 rings (SSSR count). The molecular weight excluding hydrogens is 345 g/mol. The number of hydrogen-bond acceptors (Lipinski definition) is 4. The first-order valence-corrected chi connectivity index (χ1v) is 10.2. The monoisotopic (exact) mass is 367 g/mol. The number of nitrogens with one attached hydrogen (secondary N) is 3. The Morgan fingerprint density at radius 3 is 2.64 bits per heavy atom. The van der Waals surface area contributed by atoms with E-state index in [4.69, 9.17) is 0 Å². The topological polar surface area (TPSA) is 87.3 Å². The molecule has 0 radical (unpaired) electrons. The first-order valence-electron chi connectivity index (χ1n) is 8.73. The Labute approximate surface area is 146 Å². The van der Waals surface area contributed by atoms with E-state index >= 15 is 0 Å². The van der Waals surface area contributed by atoms with Crippen LogP contribution in [0.15, 0.2) is 23.1 Å². The lowest BCUT2D eigenvalue weighted by molar-refractivity contribution is -0.118. The second-order valence-electron chi connectivity index (χ2n) is 7.40. The Balaban J connectivity index is 1.48. The van der Waals surface area contributed by atoms with Crippen LogP contribution in [0.25, 0.3) is 0 Å². The van der Waals surface area contributed by atoms with Gasteiger partial charge < -0.3 is 10.6 Å². The van der Waals surface area contributed by atoms with E-state index in [0.29, 0.717) is 5.69 Å². The maximum Gasteiger partial charge on any atom is 0.243 e. The van der Waals surface area contributed by atoms with Crippen LogP contribution in [0.1, 0.15) is 32.1 Å². The summed E-state index contributed by atoms with van der Waals surface area (Å²) in [5.74, 6) is -0.955. The van der Waals surface area contributed by atoms with Gasteiger partial charge in [0.1, 0.15) is 10.7 Å². The number of carbonyl (C=O) groups is 1. The molecule has 6 nitrogen and oxygen atoms in total. The molecule has 0 bridgehead atoms. The molecule has 2 saturated carbocycles. The summed E-state index contributed by atoms with van der Waals surface area (Å²) in [4.78, 5) is 12.1. The van der Waals surface area contributed by atoms with Gasteiger partial charge in [0.25, 0.3) is 0 Å². The highest BCUT2D eigenvalue weighted by Gasteiger charge is 2.57. The predicted molar refractivity (Wildman–Crippen MR) is 91.0 cm³/mol. The van der Waals surface area contributed by atoms with Crippen molar-refractivity contribution in [2.24, 2.45) is 11.3 Å². The Hall–Kier alpha value is -1.51. The van der Waals surface area contributed by atoms with Crippen molar-refractivity contribution in [1.82, 2.24) is 10.0 Å². The van der Waals surface area contributed by atoms with Crippen molar-refractivity contribution in [3.05, 3.63) is 24.0 Å². The zero-order valence-electron chi connectivity index (χ0n) is 13.8. The van der Waals surface area contributed by atoms with Gasteiger partial charge in [0.15, 0.2) is 0 Å². The lowest BCUT2D eigenvalue weighted by Gasteiger charge is -2.23. The average Bonchev–Trinajstić information content (AvgIpc) is 3.48. The molecule has 8 heteroatoms. The van der Waals surface area contributed by atoms with Gasteiger partial charge >= 0.3 is 0 Å². The molecule has 1 aromatic rings. The van der Waals surface area contributed by atoms with Crippen LogP contribution in [0, 0.1) is 17.2 Å². The van der Waals surface area contributed by atoms with Gasteiger partial charge in [0, 0.05) is 17.6 Å². The fourth-order valence-corrected chi connectivity index (χ4v) is 5.10. The van der Waals surface area contributed by atoms with E-state index in [1.807, 2.05) is 0 Å². The second kappa shape index (κ2) is 6.03. The van der Waals surface area contributed by atoms with Gasteiger partial charge in [0.2, 0.25) is 15.9 Å². The summed E-state index contributed by atoms with van der Waals surface area (Å²) in [5, 5.41) is 6.06. The highest BCUT2D eigenvalue weighted by Crippen LogP contribution is 2.58. The SMILES string of the molecule is O=C(Nc1ccc(F)c(S(=O)(=O)NC2CC2)c1)C1CC12CCNCC2. The third-order valence-electron chi connectivity index (χ3n) is 5.49. The van der Waals surface area contributed by atoms with E-state index in [1.165, 1.54) is 12.1 Å². The summed E-state index contributed by atoms with van der Waals surface area (Å²) in [7, 11) is -3.90. The first kappa shape index (κ1) is 16.9. The molecule has 1 aromatic carbocycles. The number of carbonyl (C=O) groups excluding carboxylic acids is 1. The van der Waals surface area contributed by atoms with Crippen molar-refractivity contribution in [2.75, 3.05) is 18.4 Å². The number of sulfonamides is 1. The summed E-state index contributed by atoms with van der Waals surface area (Å²) in [6, 6.07) is 3.59. The molecule has 25 heavy (non-hydrogen) atoms. The van der Waals surface area contributed by atoms with Crippen molar-refractivity contribution in [2.45, 2.75) is 43.0 Å². The number of halogens is 1.